The minimum atomic E-state index is 0.599. The smallest absolute Gasteiger partial charge is 0.0991 e. The zero-order valence-electron chi connectivity index (χ0n) is 42.9. The number of benzene rings is 12. The van der Waals surface area contributed by atoms with Gasteiger partial charge in [-0.15, -0.1) is 0 Å². The lowest BCUT2D eigenvalue weighted by Crippen LogP contribution is -2.12. The van der Waals surface area contributed by atoms with Crippen molar-refractivity contribution in [3.05, 3.63) is 276 Å². The average molecular weight is 973 g/mol. The normalized spacial score (nSPS) is 11.1. The highest BCUT2D eigenvalue weighted by molar-refractivity contribution is 6.24. The molecular formula is C72H52N4. The summed E-state index contributed by atoms with van der Waals surface area (Å²) in [6.45, 7) is 8.50. The predicted octanol–water partition coefficient (Wildman–Crippen LogP) is 19.7. The Balaban J connectivity index is 1.14. The van der Waals surface area contributed by atoms with E-state index in [1.54, 1.807) is 0 Å². The molecule has 12 aromatic carbocycles. The molecule has 0 spiro atoms. The molecular weight excluding hydrogens is 921 g/mol. The van der Waals surface area contributed by atoms with Crippen molar-refractivity contribution in [3.63, 3.8) is 0 Å². The third-order valence-electron chi connectivity index (χ3n) is 14.7. The summed E-state index contributed by atoms with van der Waals surface area (Å²) >= 11 is 0. The maximum Gasteiger partial charge on any atom is 0.0991 e. The van der Waals surface area contributed by atoms with Gasteiger partial charge >= 0.3 is 0 Å². The van der Waals surface area contributed by atoms with Crippen LogP contribution >= 0.6 is 0 Å². The van der Waals surface area contributed by atoms with Crippen LogP contribution in [0, 0.1) is 50.4 Å². The lowest BCUT2D eigenvalue weighted by Gasteiger charge is -2.30. The SMILES string of the molecule is Cc1ccc(-c2cc(-c3ccc(C)cc3)cc(N(c3ccc(C#N)cc3)c3cc4c5ccccc5c(N(c5ccc(C#N)cc5)c5cc(-c6ccc(C)cc6)cc(-c6ccc(C)cc6)c5)cc4c4ccccc34)c2)cc1. The standard InChI is InChI=1S/C72H52N4/c1-47-13-25-53(26-14-47)57-37-58(54-27-15-48(2)16-28-54)40-63(39-57)75(61-33-21-51(45-73)22-34-61)71-43-69-66-10-6-8-12-68(66)72(44-70(69)65-9-5-7-11-67(65)71)76(62-35-23-52(46-74)24-36-62)64-41-59(55-29-17-49(3)18-30-55)38-60(42-64)56-31-19-50(4)20-32-56/h5-44H,1-4H3. The number of anilines is 6. The Morgan fingerprint density at radius 1 is 0.250 bits per heavy atom. The molecule has 0 fully saturated rings. The van der Waals surface area contributed by atoms with Gasteiger partial charge in [0.05, 0.1) is 34.6 Å². The van der Waals surface area contributed by atoms with E-state index < -0.39 is 0 Å². The number of hydrogen-bond donors (Lipinski definition) is 0. The van der Waals surface area contributed by atoms with E-state index in [2.05, 4.69) is 268 Å². The summed E-state index contributed by atoms with van der Waals surface area (Å²) in [6.07, 6.45) is 0. The summed E-state index contributed by atoms with van der Waals surface area (Å²) in [5, 5.41) is 26.6. The molecule has 0 atom stereocenters. The molecule has 12 aromatic rings. The highest BCUT2D eigenvalue weighted by atomic mass is 15.2. The van der Waals surface area contributed by atoms with E-state index in [-0.39, 0.29) is 0 Å². The minimum Gasteiger partial charge on any atom is -0.310 e. The van der Waals surface area contributed by atoms with Gasteiger partial charge in [0.2, 0.25) is 0 Å². The number of fused-ring (bicyclic) bond motifs is 5. The molecule has 4 nitrogen and oxygen atoms in total. The van der Waals surface area contributed by atoms with Gasteiger partial charge in [0.1, 0.15) is 0 Å². The Labute approximate surface area is 444 Å². The molecule has 0 aliphatic rings. The van der Waals surface area contributed by atoms with Crippen LogP contribution in [0.4, 0.5) is 34.1 Å². The molecule has 0 N–H and O–H groups in total. The maximum absolute atomic E-state index is 10.0. The van der Waals surface area contributed by atoms with Gasteiger partial charge in [-0.3, -0.25) is 0 Å². The van der Waals surface area contributed by atoms with Crippen molar-refractivity contribution in [2.45, 2.75) is 27.7 Å². The molecule has 0 amide bonds. The first kappa shape index (κ1) is 47.0. The van der Waals surface area contributed by atoms with Gasteiger partial charge in [0.25, 0.3) is 0 Å². The number of aryl methyl sites for hydroxylation is 4. The van der Waals surface area contributed by atoms with Crippen LogP contribution in [0.2, 0.25) is 0 Å². The molecule has 0 saturated carbocycles. The fourth-order valence-corrected chi connectivity index (χ4v) is 10.6. The first-order valence-corrected chi connectivity index (χ1v) is 25.7. The summed E-state index contributed by atoms with van der Waals surface area (Å²) in [4.78, 5) is 4.74. The van der Waals surface area contributed by atoms with Crippen LogP contribution in [-0.2, 0) is 0 Å². The van der Waals surface area contributed by atoms with Gasteiger partial charge in [0.15, 0.2) is 0 Å². The molecule has 0 aliphatic carbocycles. The molecule has 0 aliphatic heterocycles. The van der Waals surface area contributed by atoms with Crippen LogP contribution in [0.3, 0.4) is 0 Å². The van der Waals surface area contributed by atoms with Crippen molar-refractivity contribution in [2.24, 2.45) is 0 Å². The van der Waals surface area contributed by atoms with E-state index in [1.807, 2.05) is 24.3 Å². The van der Waals surface area contributed by atoms with Gasteiger partial charge in [0, 0.05) is 33.5 Å². The van der Waals surface area contributed by atoms with Crippen LogP contribution in [0.15, 0.2) is 243 Å². The van der Waals surface area contributed by atoms with Crippen LogP contribution in [0.1, 0.15) is 33.4 Å². The van der Waals surface area contributed by atoms with E-state index in [9.17, 15) is 10.5 Å². The van der Waals surface area contributed by atoms with Crippen molar-refractivity contribution in [1.82, 2.24) is 0 Å². The van der Waals surface area contributed by atoms with Crippen LogP contribution in [0.5, 0.6) is 0 Å². The summed E-state index contributed by atoms with van der Waals surface area (Å²) in [5.41, 5.74) is 20.8. The van der Waals surface area contributed by atoms with Gasteiger partial charge in [-0.25, -0.2) is 0 Å². The molecule has 0 radical (unpaired) electrons. The van der Waals surface area contributed by atoms with E-state index in [1.165, 1.54) is 22.3 Å². The molecule has 76 heavy (non-hydrogen) atoms. The Morgan fingerprint density at radius 3 is 0.803 bits per heavy atom. The number of hydrogen-bond acceptors (Lipinski definition) is 4. The second kappa shape index (κ2) is 19.8. The van der Waals surface area contributed by atoms with E-state index in [4.69, 9.17) is 0 Å². The zero-order chi connectivity index (χ0) is 51.9. The van der Waals surface area contributed by atoms with Crippen molar-refractivity contribution in [1.29, 1.82) is 10.5 Å². The Bertz CT molecular complexity index is 3830. The predicted molar refractivity (Wildman–Crippen MR) is 318 cm³/mol. The van der Waals surface area contributed by atoms with Crippen molar-refractivity contribution in [2.75, 3.05) is 9.80 Å². The Morgan fingerprint density at radius 2 is 0.526 bits per heavy atom. The first-order chi connectivity index (χ1) is 37.2. The molecule has 0 bridgehead atoms. The molecule has 12 rings (SSSR count). The quantitative estimate of drug-likeness (QED) is 0.128. The van der Waals surface area contributed by atoms with E-state index in [0.29, 0.717) is 11.1 Å². The number of nitriles is 2. The molecule has 0 aromatic heterocycles. The number of rotatable bonds is 10. The fourth-order valence-electron chi connectivity index (χ4n) is 10.6. The van der Waals surface area contributed by atoms with E-state index >= 15 is 0 Å². The molecule has 360 valence electrons. The Kier molecular flexibility index (Phi) is 12.2. The second-order valence-electron chi connectivity index (χ2n) is 20.0. The average Bonchev–Trinajstić information content (AvgIpc) is 3.48. The summed E-state index contributed by atoms with van der Waals surface area (Å²) in [7, 11) is 0. The molecule has 0 heterocycles. The summed E-state index contributed by atoms with van der Waals surface area (Å²) in [5.74, 6) is 0. The summed E-state index contributed by atoms with van der Waals surface area (Å²) in [6, 6.07) is 91.6. The lowest BCUT2D eigenvalue weighted by molar-refractivity contribution is 1.29. The third-order valence-corrected chi connectivity index (χ3v) is 14.7. The van der Waals surface area contributed by atoms with Crippen molar-refractivity contribution < 1.29 is 0 Å². The lowest BCUT2D eigenvalue weighted by atomic mass is 9.92. The highest BCUT2D eigenvalue weighted by Crippen LogP contribution is 2.49. The van der Waals surface area contributed by atoms with Gasteiger partial charge < -0.3 is 9.80 Å². The third kappa shape index (κ3) is 9.00. The van der Waals surface area contributed by atoms with Crippen LogP contribution in [0.25, 0.3) is 76.8 Å². The highest BCUT2D eigenvalue weighted by Gasteiger charge is 2.24. The minimum absolute atomic E-state index is 0.599. The van der Waals surface area contributed by atoms with E-state index in [0.717, 1.165) is 111 Å². The molecule has 4 heteroatoms. The van der Waals surface area contributed by atoms with Gasteiger partial charge in [-0.1, -0.05) is 168 Å². The first-order valence-electron chi connectivity index (χ1n) is 25.7. The van der Waals surface area contributed by atoms with Gasteiger partial charge in [-0.05, 0) is 191 Å². The topological polar surface area (TPSA) is 54.1 Å². The monoisotopic (exact) mass is 972 g/mol. The van der Waals surface area contributed by atoms with Crippen molar-refractivity contribution in [3.8, 4) is 56.6 Å². The molecule has 0 saturated heterocycles. The number of nitrogens with zero attached hydrogens (tertiary/aromatic N) is 4. The maximum atomic E-state index is 10.0. The van der Waals surface area contributed by atoms with Crippen molar-refractivity contribution >= 4 is 66.4 Å². The van der Waals surface area contributed by atoms with Crippen LogP contribution in [-0.4, -0.2) is 0 Å². The second-order valence-corrected chi connectivity index (χ2v) is 20.0. The molecule has 0 unspecified atom stereocenters. The zero-order valence-corrected chi connectivity index (χ0v) is 42.9. The fraction of sp³-hybridized carbons (Fsp3) is 0.0556. The summed E-state index contributed by atoms with van der Waals surface area (Å²) < 4.78 is 0. The largest absolute Gasteiger partial charge is 0.310 e. The van der Waals surface area contributed by atoms with Crippen LogP contribution < -0.4 is 9.80 Å². The Hall–Kier alpha value is -10.0. The van der Waals surface area contributed by atoms with Gasteiger partial charge in [-0.2, -0.15) is 10.5 Å².